The summed E-state index contributed by atoms with van der Waals surface area (Å²) >= 11 is 0. The Morgan fingerprint density at radius 1 is 1.39 bits per heavy atom. The lowest BCUT2D eigenvalue weighted by Crippen LogP contribution is -2.15. The number of nitrogens with two attached hydrogens (primary N) is 1. The van der Waals surface area contributed by atoms with Crippen LogP contribution in [0.1, 0.15) is 0 Å². The van der Waals surface area contributed by atoms with Gasteiger partial charge in [-0.05, 0) is 18.2 Å². The second-order valence-corrected chi connectivity index (χ2v) is 5.31. The van der Waals surface area contributed by atoms with Crippen molar-refractivity contribution in [1.29, 1.82) is 0 Å². The predicted molar refractivity (Wildman–Crippen MR) is 64.8 cm³/mol. The summed E-state index contributed by atoms with van der Waals surface area (Å²) in [6, 6.07) is 4.59. The van der Waals surface area contributed by atoms with Crippen LogP contribution in [0.15, 0.2) is 35.4 Å². The minimum Gasteiger partial charge on any atom is -0.398 e. The van der Waals surface area contributed by atoms with Gasteiger partial charge in [-0.2, -0.15) is 5.10 Å². The second kappa shape index (κ2) is 4.30. The summed E-state index contributed by atoms with van der Waals surface area (Å²) in [5.41, 5.74) is 5.33. The molecule has 0 radical (unpaired) electrons. The molecule has 3 N–H and O–H groups in total. The van der Waals surface area contributed by atoms with Crippen molar-refractivity contribution in [3.05, 3.63) is 36.3 Å². The van der Waals surface area contributed by atoms with Gasteiger partial charge < -0.3 is 5.73 Å². The number of aryl methyl sites for hydroxylation is 1. The standard InChI is InChI=1S/C10H11FN4O2S/c1-15-5-4-10(13-15)14-18(16,17)9-3-2-7(11)6-8(9)12/h2-6H,12H2,1H3,(H,13,14). The molecule has 6 nitrogen and oxygen atoms in total. The Morgan fingerprint density at radius 3 is 2.67 bits per heavy atom. The van der Waals surface area contributed by atoms with E-state index in [2.05, 4.69) is 9.82 Å². The fourth-order valence-electron chi connectivity index (χ4n) is 1.43. The largest absolute Gasteiger partial charge is 0.398 e. The molecule has 18 heavy (non-hydrogen) atoms. The summed E-state index contributed by atoms with van der Waals surface area (Å²) in [6.07, 6.45) is 1.59. The molecule has 1 aromatic carbocycles. The Kier molecular flexibility index (Phi) is 2.95. The van der Waals surface area contributed by atoms with E-state index in [1.54, 1.807) is 13.2 Å². The fourth-order valence-corrected chi connectivity index (χ4v) is 2.54. The smallest absolute Gasteiger partial charge is 0.265 e. The van der Waals surface area contributed by atoms with E-state index in [0.29, 0.717) is 0 Å². The van der Waals surface area contributed by atoms with Crippen LogP contribution in [0.2, 0.25) is 0 Å². The molecule has 0 unspecified atom stereocenters. The number of nitrogens with zero attached hydrogens (tertiary/aromatic N) is 2. The molecule has 96 valence electrons. The van der Waals surface area contributed by atoms with Crippen LogP contribution in [-0.2, 0) is 17.1 Å². The van der Waals surface area contributed by atoms with E-state index in [-0.39, 0.29) is 16.4 Å². The normalized spacial score (nSPS) is 11.4. The van der Waals surface area contributed by atoms with Gasteiger partial charge in [-0.25, -0.2) is 12.8 Å². The van der Waals surface area contributed by atoms with Gasteiger partial charge in [-0.1, -0.05) is 0 Å². The van der Waals surface area contributed by atoms with Crippen molar-refractivity contribution in [1.82, 2.24) is 9.78 Å². The number of nitrogens with one attached hydrogen (secondary N) is 1. The van der Waals surface area contributed by atoms with Crippen LogP contribution in [-0.4, -0.2) is 18.2 Å². The summed E-state index contributed by atoms with van der Waals surface area (Å²) in [4.78, 5) is -0.186. The van der Waals surface area contributed by atoms with E-state index >= 15 is 0 Å². The first kappa shape index (κ1) is 12.4. The van der Waals surface area contributed by atoms with Gasteiger partial charge in [-0.15, -0.1) is 0 Å². The Labute approximate surface area is 103 Å². The number of rotatable bonds is 3. The number of anilines is 2. The van der Waals surface area contributed by atoms with E-state index < -0.39 is 15.8 Å². The predicted octanol–water partition coefficient (Wildman–Crippen LogP) is 0.942. The summed E-state index contributed by atoms with van der Waals surface area (Å²) < 4.78 is 40.5. The average molecular weight is 270 g/mol. The van der Waals surface area contributed by atoms with Gasteiger partial charge in [0.15, 0.2) is 5.82 Å². The number of benzene rings is 1. The van der Waals surface area contributed by atoms with Crippen LogP contribution < -0.4 is 10.5 Å². The lowest BCUT2D eigenvalue weighted by molar-refractivity contribution is 0.600. The number of sulfonamides is 1. The number of nitrogen functional groups attached to an aromatic ring is 1. The third-order valence-corrected chi connectivity index (χ3v) is 3.64. The van der Waals surface area contributed by atoms with Crippen molar-refractivity contribution in [2.75, 3.05) is 10.5 Å². The van der Waals surface area contributed by atoms with Crippen LogP contribution in [0.5, 0.6) is 0 Å². The molecule has 2 aromatic rings. The highest BCUT2D eigenvalue weighted by Gasteiger charge is 2.18. The maximum atomic E-state index is 12.9. The molecular formula is C10H11FN4O2S. The van der Waals surface area contributed by atoms with Crippen molar-refractivity contribution >= 4 is 21.5 Å². The van der Waals surface area contributed by atoms with E-state index in [1.165, 1.54) is 10.7 Å². The van der Waals surface area contributed by atoms with Gasteiger partial charge in [0, 0.05) is 19.3 Å². The lowest BCUT2D eigenvalue weighted by Gasteiger charge is -2.07. The Balaban J connectivity index is 2.36. The van der Waals surface area contributed by atoms with Crippen molar-refractivity contribution < 1.29 is 12.8 Å². The minimum absolute atomic E-state index is 0.154. The molecule has 0 saturated carbocycles. The molecule has 0 atom stereocenters. The van der Waals surface area contributed by atoms with E-state index in [1.807, 2.05) is 0 Å². The second-order valence-electron chi connectivity index (χ2n) is 3.66. The summed E-state index contributed by atoms with van der Waals surface area (Å²) in [5, 5.41) is 3.88. The molecule has 0 bridgehead atoms. The molecule has 0 fully saturated rings. The van der Waals surface area contributed by atoms with E-state index in [4.69, 9.17) is 5.73 Å². The lowest BCUT2D eigenvalue weighted by atomic mass is 10.3. The summed E-state index contributed by atoms with van der Waals surface area (Å²) in [5.74, 6) is -0.425. The van der Waals surface area contributed by atoms with Crippen LogP contribution >= 0.6 is 0 Å². The number of aromatic nitrogens is 2. The minimum atomic E-state index is -3.86. The van der Waals surface area contributed by atoms with Gasteiger partial charge >= 0.3 is 0 Å². The van der Waals surface area contributed by atoms with Crippen molar-refractivity contribution in [3.8, 4) is 0 Å². The first-order chi connectivity index (χ1) is 8.38. The van der Waals surface area contributed by atoms with Gasteiger partial charge in [0.2, 0.25) is 0 Å². The fraction of sp³-hybridized carbons (Fsp3) is 0.100. The molecule has 1 heterocycles. The van der Waals surface area contributed by atoms with Gasteiger partial charge in [0.05, 0.1) is 5.69 Å². The van der Waals surface area contributed by atoms with Crippen LogP contribution in [0.3, 0.4) is 0 Å². The molecule has 0 aliphatic rings. The van der Waals surface area contributed by atoms with Crippen molar-refractivity contribution in [2.24, 2.45) is 7.05 Å². The Hall–Kier alpha value is -2.09. The van der Waals surface area contributed by atoms with Gasteiger partial charge in [0.1, 0.15) is 10.7 Å². The zero-order valence-corrected chi connectivity index (χ0v) is 10.3. The first-order valence-electron chi connectivity index (χ1n) is 4.96. The third-order valence-electron chi connectivity index (χ3n) is 2.21. The SMILES string of the molecule is Cn1ccc(NS(=O)(=O)c2ccc(F)cc2N)n1. The zero-order valence-electron chi connectivity index (χ0n) is 9.46. The molecule has 0 spiro atoms. The van der Waals surface area contributed by atoms with Crippen molar-refractivity contribution in [2.45, 2.75) is 4.90 Å². The maximum absolute atomic E-state index is 12.9. The monoisotopic (exact) mass is 270 g/mol. The Bertz CT molecular complexity index is 681. The first-order valence-corrected chi connectivity index (χ1v) is 6.44. The maximum Gasteiger partial charge on any atom is 0.265 e. The van der Waals surface area contributed by atoms with Crippen LogP contribution in [0.25, 0.3) is 0 Å². The highest BCUT2D eigenvalue weighted by molar-refractivity contribution is 7.92. The molecule has 0 aliphatic heterocycles. The molecule has 0 saturated heterocycles. The molecule has 0 aliphatic carbocycles. The van der Waals surface area contributed by atoms with Crippen LogP contribution in [0.4, 0.5) is 15.9 Å². The quantitative estimate of drug-likeness (QED) is 0.812. The summed E-state index contributed by atoms with van der Waals surface area (Å²) in [6.45, 7) is 0. The van der Waals surface area contributed by atoms with Gasteiger partial charge in [0.25, 0.3) is 10.0 Å². The van der Waals surface area contributed by atoms with Gasteiger partial charge in [-0.3, -0.25) is 9.40 Å². The number of halogens is 1. The van der Waals surface area contributed by atoms with E-state index in [0.717, 1.165) is 18.2 Å². The zero-order chi connectivity index (χ0) is 13.3. The highest BCUT2D eigenvalue weighted by Crippen LogP contribution is 2.21. The average Bonchev–Trinajstić information content (AvgIpc) is 2.62. The van der Waals surface area contributed by atoms with Crippen molar-refractivity contribution in [3.63, 3.8) is 0 Å². The number of hydrogen-bond donors (Lipinski definition) is 2. The van der Waals surface area contributed by atoms with E-state index in [9.17, 15) is 12.8 Å². The number of hydrogen-bond acceptors (Lipinski definition) is 4. The molecule has 2 rings (SSSR count). The molecular weight excluding hydrogens is 259 g/mol. The molecule has 1 aromatic heterocycles. The topological polar surface area (TPSA) is 90.0 Å². The highest BCUT2D eigenvalue weighted by atomic mass is 32.2. The Morgan fingerprint density at radius 2 is 2.11 bits per heavy atom. The molecule has 0 amide bonds. The third kappa shape index (κ3) is 2.43. The summed E-state index contributed by atoms with van der Waals surface area (Å²) in [7, 11) is -2.21. The molecule has 8 heteroatoms. The van der Waals surface area contributed by atoms with Crippen LogP contribution in [0, 0.1) is 5.82 Å².